The van der Waals surface area contributed by atoms with E-state index >= 15 is 0 Å². The lowest BCUT2D eigenvalue weighted by Crippen LogP contribution is -2.32. The average Bonchev–Trinajstić information content (AvgIpc) is 2.56. The summed E-state index contributed by atoms with van der Waals surface area (Å²) in [7, 11) is 0. The third-order valence-corrected chi connectivity index (χ3v) is 4.38. The molecule has 0 amide bonds. The van der Waals surface area contributed by atoms with Crippen LogP contribution in [0.5, 0.6) is 0 Å². The molecule has 1 aromatic carbocycles. The maximum absolute atomic E-state index is 6.01. The van der Waals surface area contributed by atoms with Crippen LogP contribution in [0, 0.1) is 0 Å². The smallest absolute Gasteiger partial charge is 0.142 e. The first kappa shape index (κ1) is 17.1. The summed E-state index contributed by atoms with van der Waals surface area (Å²) < 4.78 is 6.01. The third kappa shape index (κ3) is 5.49. The Labute approximate surface area is 136 Å². The number of hydrogen-bond donors (Lipinski definition) is 0. The van der Waals surface area contributed by atoms with E-state index in [4.69, 9.17) is 4.74 Å². The van der Waals surface area contributed by atoms with Crippen LogP contribution in [0.3, 0.4) is 0 Å². The van der Waals surface area contributed by atoms with Crippen LogP contribution in [0.4, 0.5) is 0 Å². The molecule has 0 aromatic heterocycles. The van der Waals surface area contributed by atoms with Crippen LogP contribution in [0.2, 0.25) is 0 Å². The minimum absolute atomic E-state index is 0.734. The molecular weight excluding hydrogens is 270 g/mol. The molecule has 0 saturated carbocycles. The topological polar surface area (TPSA) is 12.5 Å². The molecule has 0 bridgehead atoms. The van der Waals surface area contributed by atoms with Gasteiger partial charge in [0.05, 0.1) is 5.76 Å². The minimum atomic E-state index is 0.734. The summed E-state index contributed by atoms with van der Waals surface area (Å²) in [6.45, 7) is 7.27. The molecule has 0 atom stereocenters. The van der Waals surface area contributed by atoms with Gasteiger partial charge in [0.2, 0.25) is 0 Å². The van der Waals surface area contributed by atoms with E-state index in [9.17, 15) is 0 Å². The summed E-state index contributed by atoms with van der Waals surface area (Å²) in [6.07, 6.45) is 8.96. The van der Waals surface area contributed by atoms with Crippen LogP contribution in [0.25, 0.3) is 0 Å². The van der Waals surface area contributed by atoms with Crippen LogP contribution >= 0.6 is 0 Å². The van der Waals surface area contributed by atoms with Gasteiger partial charge in [-0.1, -0.05) is 69.9 Å². The van der Waals surface area contributed by atoms with Gasteiger partial charge in [0.1, 0.15) is 6.73 Å². The van der Waals surface area contributed by atoms with Crippen molar-refractivity contribution in [1.29, 1.82) is 0 Å². The predicted octanol–water partition coefficient (Wildman–Crippen LogP) is 5.50. The van der Waals surface area contributed by atoms with Crippen molar-refractivity contribution in [1.82, 2.24) is 4.90 Å². The van der Waals surface area contributed by atoms with Gasteiger partial charge in [0, 0.05) is 19.5 Å². The second kappa shape index (κ2) is 9.68. The molecule has 0 fully saturated rings. The molecule has 2 rings (SSSR count). The van der Waals surface area contributed by atoms with Crippen LogP contribution in [-0.2, 0) is 11.3 Å². The van der Waals surface area contributed by atoms with E-state index in [1.54, 1.807) is 0 Å². The van der Waals surface area contributed by atoms with Crippen LogP contribution in [0.1, 0.15) is 64.4 Å². The quantitative estimate of drug-likeness (QED) is 0.558. The SMILES string of the molecule is CCCCCCCC1=C(CC)OCN(Cc2ccccc2)C1. The van der Waals surface area contributed by atoms with Gasteiger partial charge in [-0.05, 0) is 24.0 Å². The van der Waals surface area contributed by atoms with Gasteiger partial charge >= 0.3 is 0 Å². The molecule has 0 spiro atoms. The van der Waals surface area contributed by atoms with Gasteiger partial charge in [0.25, 0.3) is 0 Å². The van der Waals surface area contributed by atoms with Gasteiger partial charge in [-0.15, -0.1) is 0 Å². The highest BCUT2D eigenvalue weighted by molar-refractivity contribution is 5.17. The van der Waals surface area contributed by atoms with E-state index in [-0.39, 0.29) is 0 Å². The van der Waals surface area contributed by atoms with Gasteiger partial charge < -0.3 is 4.74 Å². The zero-order valence-electron chi connectivity index (χ0n) is 14.3. The molecule has 1 aliphatic heterocycles. The van der Waals surface area contributed by atoms with E-state index in [1.807, 2.05) is 0 Å². The molecule has 2 nitrogen and oxygen atoms in total. The highest BCUT2D eigenvalue weighted by Crippen LogP contribution is 2.24. The Kier molecular flexibility index (Phi) is 7.51. The third-order valence-electron chi connectivity index (χ3n) is 4.38. The Morgan fingerprint density at radius 2 is 1.77 bits per heavy atom. The van der Waals surface area contributed by atoms with E-state index in [0.29, 0.717) is 0 Å². The monoisotopic (exact) mass is 301 g/mol. The van der Waals surface area contributed by atoms with Crippen LogP contribution in [0.15, 0.2) is 41.7 Å². The van der Waals surface area contributed by atoms with E-state index in [2.05, 4.69) is 49.1 Å². The van der Waals surface area contributed by atoms with E-state index in [1.165, 1.54) is 55.4 Å². The molecule has 0 saturated heterocycles. The molecule has 1 aliphatic rings. The maximum atomic E-state index is 6.01. The molecule has 122 valence electrons. The zero-order valence-corrected chi connectivity index (χ0v) is 14.3. The Hall–Kier alpha value is -1.28. The van der Waals surface area contributed by atoms with Crippen LogP contribution < -0.4 is 0 Å². The van der Waals surface area contributed by atoms with Gasteiger partial charge in [-0.3, -0.25) is 4.90 Å². The molecule has 0 radical (unpaired) electrons. The molecule has 0 aliphatic carbocycles. The predicted molar refractivity (Wildman–Crippen MR) is 93.5 cm³/mol. The number of rotatable bonds is 9. The Balaban J connectivity index is 1.84. The zero-order chi connectivity index (χ0) is 15.6. The van der Waals surface area contributed by atoms with E-state index < -0.39 is 0 Å². The number of unbranched alkanes of at least 4 members (excludes halogenated alkanes) is 4. The number of allylic oxidation sites excluding steroid dienone is 1. The Morgan fingerprint density at radius 1 is 1.00 bits per heavy atom. The summed E-state index contributed by atoms with van der Waals surface area (Å²) >= 11 is 0. The number of ether oxygens (including phenoxy) is 1. The molecule has 1 aromatic rings. The normalized spacial score (nSPS) is 15.9. The van der Waals surface area contributed by atoms with Crippen molar-refractivity contribution in [3.8, 4) is 0 Å². The first-order valence-corrected chi connectivity index (χ1v) is 8.93. The Morgan fingerprint density at radius 3 is 2.50 bits per heavy atom. The van der Waals surface area contributed by atoms with Crippen LogP contribution in [-0.4, -0.2) is 18.2 Å². The molecule has 0 N–H and O–H groups in total. The highest BCUT2D eigenvalue weighted by Gasteiger charge is 2.18. The summed E-state index contributed by atoms with van der Waals surface area (Å²) in [5, 5.41) is 0. The first-order valence-electron chi connectivity index (χ1n) is 8.93. The van der Waals surface area contributed by atoms with Gasteiger partial charge in [0.15, 0.2) is 0 Å². The maximum Gasteiger partial charge on any atom is 0.142 e. The largest absolute Gasteiger partial charge is 0.482 e. The second-order valence-corrected chi connectivity index (χ2v) is 6.29. The van der Waals surface area contributed by atoms with Crippen molar-refractivity contribution < 1.29 is 4.74 Å². The van der Waals surface area contributed by atoms with Gasteiger partial charge in [-0.25, -0.2) is 0 Å². The lowest BCUT2D eigenvalue weighted by atomic mass is 10.0. The second-order valence-electron chi connectivity index (χ2n) is 6.29. The first-order chi connectivity index (χ1) is 10.8. The number of benzene rings is 1. The summed E-state index contributed by atoms with van der Waals surface area (Å²) in [6, 6.07) is 10.7. The lowest BCUT2D eigenvalue weighted by molar-refractivity contribution is 0.0456. The van der Waals surface area contributed by atoms with Crippen molar-refractivity contribution in [3.05, 3.63) is 47.2 Å². The molecular formula is C20H31NO. The summed E-state index contributed by atoms with van der Waals surface area (Å²) in [5.74, 6) is 1.25. The average molecular weight is 301 g/mol. The summed E-state index contributed by atoms with van der Waals surface area (Å²) in [5.41, 5.74) is 2.90. The van der Waals surface area contributed by atoms with Gasteiger partial charge in [-0.2, -0.15) is 0 Å². The highest BCUT2D eigenvalue weighted by atomic mass is 16.5. The standard InChI is InChI=1S/C20H31NO/c1-3-5-6-7-11-14-19-16-21(17-22-20(19)4-2)15-18-12-9-8-10-13-18/h8-10,12-13H,3-7,11,14-17H2,1-2H3. The minimum Gasteiger partial charge on any atom is -0.482 e. The fraction of sp³-hybridized carbons (Fsp3) is 0.600. The molecule has 2 heteroatoms. The Bertz CT molecular complexity index is 452. The summed E-state index contributed by atoms with van der Waals surface area (Å²) in [4.78, 5) is 2.41. The number of hydrogen-bond acceptors (Lipinski definition) is 2. The van der Waals surface area contributed by atoms with E-state index in [0.717, 1.165) is 26.2 Å². The number of nitrogens with zero attached hydrogens (tertiary/aromatic N) is 1. The van der Waals surface area contributed by atoms with Crippen molar-refractivity contribution in [2.45, 2.75) is 65.3 Å². The fourth-order valence-electron chi connectivity index (χ4n) is 3.13. The lowest BCUT2D eigenvalue weighted by Gasteiger charge is -2.31. The van der Waals surface area contributed by atoms with Crippen molar-refractivity contribution in [2.75, 3.05) is 13.3 Å². The fourth-order valence-corrected chi connectivity index (χ4v) is 3.13. The van der Waals surface area contributed by atoms with Crippen molar-refractivity contribution >= 4 is 0 Å². The molecule has 1 heterocycles. The molecule has 22 heavy (non-hydrogen) atoms. The van der Waals surface area contributed by atoms with Crippen molar-refractivity contribution in [3.63, 3.8) is 0 Å². The van der Waals surface area contributed by atoms with Crippen molar-refractivity contribution in [2.24, 2.45) is 0 Å². The molecule has 0 unspecified atom stereocenters.